The third-order valence-electron chi connectivity index (χ3n) is 4.39. The number of rotatable bonds is 2. The van der Waals surface area contributed by atoms with Crippen LogP contribution in [0.15, 0.2) is 23.0 Å². The average Bonchev–Trinajstić information content (AvgIpc) is 3.04. The molecule has 2 aromatic heterocycles. The maximum absolute atomic E-state index is 12.3. The molecule has 2 bridgehead atoms. The van der Waals surface area contributed by atoms with E-state index in [9.17, 15) is 4.79 Å². The summed E-state index contributed by atoms with van der Waals surface area (Å²) in [5.74, 6) is 0.729. The Morgan fingerprint density at radius 2 is 2.25 bits per heavy atom. The molecular weight excluding hydrogens is 270 g/mol. The maximum Gasteiger partial charge on any atom is 0.270 e. The van der Waals surface area contributed by atoms with Crippen LogP contribution in [0, 0.1) is 5.92 Å². The summed E-state index contributed by atoms with van der Waals surface area (Å²) in [4.78, 5) is 19.1. The van der Waals surface area contributed by atoms with Crippen molar-refractivity contribution in [3.8, 4) is 0 Å². The molecule has 2 aliphatic heterocycles. The van der Waals surface area contributed by atoms with Gasteiger partial charge in [0.1, 0.15) is 5.69 Å². The molecule has 4 nitrogen and oxygen atoms in total. The predicted molar refractivity (Wildman–Crippen MR) is 80.0 cm³/mol. The topological polar surface area (TPSA) is 45.2 Å². The highest BCUT2D eigenvalue weighted by atomic mass is 32.1. The zero-order valence-electron chi connectivity index (χ0n) is 11.2. The van der Waals surface area contributed by atoms with E-state index in [-0.39, 0.29) is 11.9 Å². The Labute approximate surface area is 121 Å². The van der Waals surface area contributed by atoms with Gasteiger partial charge in [-0.1, -0.05) is 0 Å². The van der Waals surface area contributed by atoms with Crippen LogP contribution in [0.4, 0.5) is 0 Å². The third-order valence-corrected chi connectivity index (χ3v) is 5.17. The molecule has 2 fully saturated rings. The minimum absolute atomic E-state index is 0.0365. The molecule has 2 saturated heterocycles. The standard InChI is InChI=1S/C15H17N3OS/c19-15(14-4-11-8-20-9-12(11)5-16-14)17-13-3-10-1-2-18(6-10)7-13/h4-5,8-10,13H,1-3,6-7H2,(H,17,19)/t10-,13+/m0/s1. The molecule has 1 amide bonds. The van der Waals surface area contributed by atoms with E-state index < -0.39 is 0 Å². The van der Waals surface area contributed by atoms with Crippen molar-refractivity contribution >= 4 is 28.0 Å². The van der Waals surface area contributed by atoms with E-state index in [0.717, 1.165) is 29.7 Å². The Kier molecular flexibility index (Phi) is 2.97. The summed E-state index contributed by atoms with van der Waals surface area (Å²) < 4.78 is 0. The van der Waals surface area contributed by atoms with Gasteiger partial charge in [-0.05, 0) is 42.1 Å². The minimum atomic E-state index is -0.0365. The number of fused-ring (bicyclic) bond motifs is 3. The van der Waals surface area contributed by atoms with Crippen molar-refractivity contribution in [2.45, 2.75) is 18.9 Å². The van der Waals surface area contributed by atoms with E-state index in [4.69, 9.17) is 0 Å². The molecule has 0 saturated carbocycles. The van der Waals surface area contributed by atoms with Crippen LogP contribution < -0.4 is 5.32 Å². The van der Waals surface area contributed by atoms with Gasteiger partial charge < -0.3 is 10.2 Å². The highest BCUT2D eigenvalue weighted by molar-refractivity contribution is 7.09. The fourth-order valence-corrected chi connectivity index (χ4v) is 4.17. The minimum Gasteiger partial charge on any atom is -0.347 e. The molecule has 0 spiro atoms. The summed E-state index contributed by atoms with van der Waals surface area (Å²) in [5.41, 5.74) is 0.531. The second-order valence-corrected chi connectivity index (χ2v) is 6.63. The van der Waals surface area contributed by atoms with Gasteiger partial charge in [-0.2, -0.15) is 11.3 Å². The lowest BCUT2D eigenvalue weighted by Crippen LogP contribution is -2.47. The Hall–Kier alpha value is -1.46. The fourth-order valence-electron chi connectivity index (χ4n) is 3.41. The molecule has 2 aromatic rings. The number of aromatic nitrogens is 1. The molecule has 3 atom stereocenters. The number of carbonyl (C=O) groups is 1. The van der Waals surface area contributed by atoms with Gasteiger partial charge in [0, 0.05) is 36.1 Å². The Morgan fingerprint density at radius 1 is 1.35 bits per heavy atom. The predicted octanol–water partition coefficient (Wildman–Crippen LogP) is 2.12. The van der Waals surface area contributed by atoms with Crippen molar-refractivity contribution < 1.29 is 4.79 Å². The van der Waals surface area contributed by atoms with Gasteiger partial charge in [0.25, 0.3) is 5.91 Å². The first-order valence-electron chi connectivity index (χ1n) is 7.13. The first-order chi connectivity index (χ1) is 9.78. The Balaban J connectivity index is 1.49. The summed E-state index contributed by atoms with van der Waals surface area (Å²) in [6.45, 7) is 3.39. The fraction of sp³-hybridized carbons (Fsp3) is 0.467. The summed E-state index contributed by atoms with van der Waals surface area (Å²) in [6.07, 6.45) is 4.18. The molecule has 4 rings (SSSR count). The van der Waals surface area contributed by atoms with Crippen molar-refractivity contribution in [3.05, 3.63) is 28.7 Å². The Bertz CT molecular complexity index is 641. The van der Waals surface area contributed by atoms with Crippen LogP contribution >= 0.6 is 11.3 Å². The van der Waals surface area contributed by atoms with Crippen LogP contribution in [-0.4, -0.2) is 41.5 Å². The van der Waals surface area contributed by atoms with Gasteiger partial charge >= 0.3 is 0 Å². The molecule has 5 heteroatoms. The van der Waals surface area contributed by atoms with Crippen molar-refractivity contribution in [2.75, 3.05) is 19.6 Å². The van der Waals surface area contributed by atoms with E-state index in [0.29, 0.717) is 5.69 Å². The van der Waals surface area contributed by atoms with Gasteiger partial charge in [0.2, 0.25) is 0 Å². The number of pyridine rings is 1. The number of hydrogen-bond acceptors (Lipinski definition) is 4. The first-order valence-corrected chi connectivity index (χ1v) is 8.07. The molecule has 4 heterocycles. The normalized spacial score (nSPS) is 28.7. The molecule has 0 aromatic carbocycles. The largest absolute Gasteiger partial charge is 0.347 e. The van der Waals surface area contributed by atoms with E-state index >= 15 is 0 Å². The van der Waals surface area contributed by atoms with Crippen LogP contribution in [0.2, 0.25) is 0 Å². The van der Waals surface area contributed by atoms with Crippen LogP contribution in [0.5, 0.6) is 0 Å². The zero-order valence-corrected chi connectivity index (χ0v) is 12.0. The molecule has 2 aliphatic rings. The highest BCUT2D eigenvalue weighted by Gasteiger charge is 2.33. The van der Waals surface area contributed by atoms with Crippen molar-refractivity contribution in [2.24, 2.45) is 5.92 Å². The lowest BCUT2D eigenvalue weighted by Gasteiger charge is -2.30. The van der Waals surface area contributed by atoms with Crippen LogP contribution in [-0.2, 0) is 0 Å². The van der Waals surface area contributed by atoms with E-state index in [1.165, 1.54) is 19.5 Å². The third kappa shape index (κ3) is 2.21. The van der Waals surface area contributed by atoms with Crippen LogP contribution in [0.1, 0.15) is 23.3 Å². The number of nitrogens with one attached hydrogen (secondary N) is 1. The quantitative estimate of drug-likeness (QED) is 0.920. The zero-order chi connectivity index (χ0) is 13.5. The number of hydrogen-bond donors (Lipinski definition) is 1. The number of thiophene rings is 1. The van der Waals surface area contributed by atoms with Crippen molar-refractivity contribution in [3.63, 3.8) is 0 Å². The van der Waals surface area contributed by atoms with Gasteiger partial charge in [-0.3, -0.25) is 9.78 Å². The van der Waals surface area contributed by atoms with Crippen LogP contribution in [0.3, 0.4) is 0 Å². The van der Waals surface area contributed by atoms with Gasteiger partial charge in [-0.25, -0.2) is 0 Å². The number of amides is 1. The van der Waals surface area contributed by atoms with Crippen LogP contribution in [0.25, 0.3) is 10.8 Å². The average molecular weight is 287 g/mol. The molecule has 20 heavy (non-hydrogen) atoms. The number of nitrogens with zero attached hydrogens (tertiary/aromatic N) is 2. The summed E-state index contributed by atoms with van der Waals surface area (Å²) >= 11 is 1.64. The van der Waals surface area contributed by atoms with Gasteiger partial charge in [-0.15, -0.1) is 0 Å². The maximum atomic E-state index is 12.3. The van der Waals surface area contributed by atoms with E-state index in [1.54, 1.807) is 17.5 Å². The summed E-state index contributed by atoms with van der Waals surface area (Å²) in [6, 6.07) is 2.17. The lowest BCUT2D eigenvalue weighted by molar-refractivity contribution is 0.0904. The second kappa shape index (κ2) is 4.82. The molecule has 0 radical (unpaired) electrons. The molecular formula is C15H17N3OS. The summed E-state index contributed by atoms with van der Waals surface area (Å²) in [5, 5.41) is 9.47. The Morgan fingerprint density at radius 3 is 3.15 bits per heavy atom. The van der Waals surface area contributed by atoms with E-state index in [1.807, 2.05) is 6.07 Å². The highest BCUT2D eigenvalue weighted by Crippen LogP contribution is 2.27. The molecule has 1 unspecified atom stereocenters. The van der Waals surface area contributed by atoms with Gasteiger partial charge in [0.05, 0.1) is 0 Å². The smallest absolute Gasteiger partial charge is 0.270 e. The summed E-state index contributed by atoms with van der Waals surface area (Å²) in [7, 11) is 0. The monoisotopic (exact) mass is 287 g/mol. The number of piperidine rings is 1. The second-order valence-electron chi connectivity index (χ2n) is 5.89. The van der Waals surface area contributed by atoms with Crippen molar-refractivity contribution in [1.29, 1.82) is 0 Å². The molecule has 1 N–H and O–H groups in total. The number of carbonyl (C=O) groups excluding carboxylic acids is 1. The lowest BCUT2D eigenvalue weighted by atomic mass is 9.97. The van der Waals surface area contributed by atoms with Gasteiger partial charge in [0.15, 0.2) is 0 Å². The first kappa shape index (κ1) is 12.3. The van der Waals surface area contributed by atoms with Crippen molar-refractivity contribution in [1.82, 2.24) is 15.2 Å². The molecule has 104 valence electrons. The van der Waals surface area contributed by atoms with E-state index in [2.05, 4.69) is 26.0 Å². The molecule has 0 aliphatic carbocycles. The SMILES string of the molecule is O=C(N[C@@H]1C[C@@H]2CCN(C2)C1)c1cc2cscc2cn1.